The molecule has 1 heterocycles. The number of rotatable bonds is 2. The molecule has 33 heavy (non-hydrogen) atoms. The summed E-state index contributed by atoms with van der Waals surface area (Å²) in [4.78, 5) is 29.3. The number of fused-ring (bicyclic) bond motifs is 7. The molecule has 5 rings (SSSR count). The first kappa shape index (κ1) is 23.1. The van der Waals surface area contributed by atoms with E-state index in [1.54, 1.807) is 0 Å². The molecule has 0 bridgehead atoms. The number of nitrogens with zero attached hydrogens (tertiary/aromatic N) is 1. The maximum atomic E-state index is 12.3. The zero-order chi connectivity index (χ0) is 23.7. The van der Waals surface area contributed by atoms with Gasteiger partial charge in [0.25, 0.3) is 0 Å². The standard InChI is InChI=1S/C26H34ClNO5/c1-13(29)32-22-19-12-16(31)7-9-25(19,3)17-8-10-26(4)18(21(17)23(22)33-14(2)30)11-15-5-6-20(27)28-24(15)26/h5-6,16-19,21-23,31H,7-12H2,1-4H3/t16?,17-,18-,19+,21+,22+,23+,25+,26-/m0/s1. The molecule has 4 aliphatic rings. The fourth-order valence-electron chi connectivity index (χ4n) is 8.22. The first-order valence-corrected chi connectivity index (χ1v) is 12.6. The van der Waals surface area contributed by atoms with E-state index in [0.717, 1.165) is 37.8 Å². The van der Waals surface area contributed by atoms with Crippen molar-refractivity contribution in [2.75, 3.05) is 0 Å². The highest BCUT2D eigenvalue weighted by Gasteiger charge is 2.66. The van der Waals surface area contributed by atoms with Crippen LogP contribution in [0.15, 0.2) is 12.1 Å². The van der Waals surface area contributed by atoms with Crippen LogP contribution in [0.25, 0.3) is 0 Å². The van der Waals surface area contributed by atoms with Crippen LogP contribution in [0.3, 0.4) is 0 Å². The molecule has 0 aliphatic heterocycles. The van der Waals surface area contributed by atoms with Gasteiger partial charge in [0, 0.05) is 31.1 Å². The molecular weight excluding hydrogens is 442 g/mol. The van der Waals surface area contributed by atoms with Crippen LogP contribution >= 0.6 is 11.6 Å². The minimum atomic E-state index is -0.560. The quantitative estimate of drug-likeness (QED) is 0.508. The highest BCUT2D eigenvalue weighted by atomic mass is 35.5. The molecule has 7 heteroatoms. The van der Waals surface area contributed by atoms with Crippen LogP contribution in [0.2, 0.25) is 5.15 Å². The Morgan fingerprint density at radius 2 is 1.73 bits per heavy atom. The maximum absolute atomic E-state index is 12.3. The number of hydrogen-bond donors (Lipinski definition) is 1. The van der Waals surface area contributed by atoms with Gasteiger partial charge in [0.2, 0.25) is 0 Å². The number of carbonyl (C=O) groups is 2. The van der Waals surface area contributed by atoms with Gasteiger partial charge in [0.1, 0.15) is 17.4 Å². The molecule has 1 aromatic heterocycles. The number of carbonyl (C=O) groups excluding carboxylic acids is 2. The van der Waals surface area contributed by atoms with Crippen molar-refractivity contribution in [3.05, 3.63) is 28.5 Å². The number of aromatic nitrogens is 1. The monoisotopic (exact) mass is 475 g/mol. The molecule has 0 amide bonds. The summed E-state index contributed by atoms with van der Waals surface area (Å²) < 4.78 is 12.0. The summed E-state index contributed by atoms with van der Waals surface area (Å²) in [6.07, 6.45) is 3.51. The molecule has 0 aromatic carbocycles. The zero-order valence-electron chi connectivity index (χ0n) is 19.8. The maximum Gasteiger partial charge on any atom is 0.303 e. The van der Waals surface area contributed by atoms with Crippen molar-refractivity contribution in [3.63, 3.8) is 0 Å². The van der Waals surface area contributed by atoms with Gasteiger partial charge in [0.15, 0.2) is 0 Å². The van der Waals surface area contributed by atoms with Crippen molar-refractivity contribution in [1.82, 2.24) is 4.98 Å². The Morgan fingerprint density at radius 1 is 1.03 bits per heavy atom. The number of esters is 2. The summed E-state index contributed by atoms with van der Waals surface area (Å²) in [7, 11) is 0. The third-order valence-corrected chi connectivity index (χ3v) is 9.80. The molecule has 3 saturated carbocycles. The smallest absolute Gasteiger partial charge is 0.303 e. The minimum absolute atomic E-state index is 0.0430. The lowest BCUT2D eigenvalue weighted by Crippen LogP contribution is -2.66. The number of ether oxygens (including phenoxy) is 2. The number of aliphatic hydroxyl groups is 1. The van der Waals surface area contributed by atoms with Crippen molar-refractivity contribution >= 4 is 23.5 Å². The predicted octanol–water partition coefficient (Wildman–Crippen LogP) is 4.24. The summed E-state index contributed by atoms with van der Waals surface area (Å²) >= 11 is 6.30. The van der Waals surface area contributed by atoms with Crippen LogP contribution in [-0.4, -0.2) is 40.3 Å². The van der Waals surface area contributed by atoms with Crippen LogP contribution < -0.4 is 0 Å². The van der Waals surface area contributed by atoms with Crippen molar-refractivity contribution in [3.8, 4) is 0 Å². The second kappa shape index (κ2) is 7.94. The summed E-state index contributed by atoms with van der Waals surface area (Å²) in [5.41, 5.74) is 2.01. The van der Waals surface area contributed by atoms with Crippen molar-refractivity contribution in [2.45, 2.75) is 89.9 Å². The van der Waals surface area contributed by atoms with E-state index in [0.29, 0.717) is 17.5 Å². The van der Waals surface area contributed by atoms with E-state index in [1.165, 1.54) is 19.4 Å². The second-order valence-electron chi connectivity index (χ2n) is 11.3. The molecule has 0 spiro atoms. The van der Waals surface area contributed by atoms with E-state index in [9.17, 15) is 14.7 Å². The summed E-state index contributed by atoms with van der Waals surface area (Å²) in [6.45, 7) is 7.42. The first-order valence-electron chi connectivity index (χ1n) is 12.2. The molecule has 1 aromatic rings. The van der Waals surface area contributed by atoms with E-state index in [1.807, 2.05) is 6.07 Å². The number of pyridine rings is 1. The molecular formula is C26H34ClNO5. The lowest BCUT2D eigenvalue weighted by molar-refractivity contribution is -0.235. The minimum Gasteiger partial charge on any atom is -0.458 e. The van der Waals surface area contributed by atoms with Gasteiger partial charge in [-0.25, -0.2) is 4.98 Å². The topological polar surface area (TPSA) is 85.7 Å². The number of halogens is 1. The van der Waals surface area contributed by atoms with E-state index < -0.39 is 18.3 Å². The molecule has 0 radical (unpaired) electrons. The first-order chi connectivity index (χ1) is 15.5. The van der Waals surface area contributed by atoms with Gasteiger partial charge in [-0.3, -0.25) is 9.59 Å². The Hall–Kier alpha value is -1.66. The summed E-state index contributed by atoms with van der Waals surface area (Å²) in [6, 6.07) is 3.93. The Balaban J connectivity index is 1.63. The van der Waals surface area contributed by atoms with Gasteiger partial charge in [-0.1, -0.05) is 31.5 Å². The zero-order valence-corrected chi connectivity index (χ0v) is 20.6. The third kappa shape index (κ3) is 3.51. The SMILES string of the molecule is CC(=O)O[C@H]1[C@H](OC(C)=O)[C@H]2CC(O)CC[C@]2(C)[C@H]2CC[C@]3(C)c4nc(Cl)ccc4C[C@H]3[C@H]12. The number of hydrogen-bond acceptors (Lipinski definition) is 6. The molecule has 6 nitrogen and oxygen atoms in total. The molecule has 180 valence electrons. The second-order valence-corrected chi connectivity index (χ2v) is 11.7. The third-order valence-electron chi connectivity index (χ3n) is 9.59. The molecule has 4 aliphatic carbocycles. The fraction of sp³-hybridized carbons (Fsp3) is 0.731. The Labute approximate surface area is 200 Å². The van der Waals surface area contributed by atoms with Crippen molar-refractivity contribution < 1.29 is 24.2 Å². The Kier molecular flexibility index (Phi) is 5.56. The van der Waals surface area contributed by atoms with Gasteiger partial charge in [0.05, 0.1) is 11.8 Å². The van der Waals surface area contributed by atoms with Gasteiger partial charge in [-0.2, -0.15) is 0 Å². The van der Waals surface area contributed by atoms with E-state index in [4.69, 9.17) is 26.1 Å². The van der Waals surface area contributed by atoms with Crippen LogP contribution in [0.5, 0.6) is 0 Å². The molecule has 9 atom stereocenters. The number of aliphatic hydroxyl groups excluding tert-OH is 1. The molecule has 3 fully saturated rings. The summed E-state index contributed by atoms with van der Waals surface area (Å²) in [5.74, 6) is -0.212. The highest BCUT2D eigenvalue weighted by Crippen LogP contribution is 2.66. The van der Waals surface area contributed by atoms with E-state index >= 15 is 0 Å². The van der Waals surface area contributed by atoms with Crippen LogP contribution in [-0.2, 0) is 30.9 Å². The predicted molar refractivity (Wildman–Crippen MR) is 123 cm³/mol. The molecule has 0 saturated heterocycles. The lowest BCUT2D eigenvalue weighted by Gasteiger charge is -2.63. The highest BCUT2D eigenvalue weighted by molar-refractivity contribution is 6.29. The van der Waals surface area contributed by atoms with Crippen LogP contribution in [0.1, 0.15) is 71.1 Å². The fourth-order valence-corrected chi connectivity index (χ4v) is 8.37. The average Bonchev–Trinajstić information content (AvgIpc) is 3.03. The van der Waals surface area contributed by atoms with Crippen LogP contribution in [0.4, 0.5) is 0 Å². The normalized spacial score (nSPS) is 43.5. The Bertz CT molecular complexity index is 983. The van der Waals surface area contributed by atoms with E-state index in [2.05, 4.69) is 19.9 Å². The van der Waals surface area contributed by atoms with Crippen LogP contribution in [0, 0.1) is 29.1 Å². The lowest BCUT2D eigenvalue weighted by atomic mass is 9.43. The molecule has 1 N–H and O–H groups in total. The molecule has 1 unspecified atom stereocenters. The summed E-state index contributed by atoms with van der Waals surface area (Å²) in [5, 5.41) is 11.0. The van der Waals surface area contributed by atoms with E-state index in [-0.39, 0.29) is 40.5 Å². The average molecular weight is 476 g/mol. The van der Waals surface area contributed by atoms with Gasteiger partial charge in [-0.05, 0) is 67.4 Å². The van der Waals surface area contributed by atoms with Gasteiger partial charge >= 0.3 is 11.9 Å². The van der Waals surface area contributed by atoms with Crippen molar-refractivity contribution in [2.24, 2.45) is 29.1 Å². The van der Waals surface area contributed by atoms with Gasteiger partial charge < -0.3 is 14.6 Å². The Morgan fingerprint density at radius 3 is 2.42 bits per heavy atom. The van der Waals surface area contributed by atoms with Gasteiger partial charge in [-0.15, -0.1) is 0 Å². The largest absolute Gasteiger partial charge is 0.458 e. The van der Waals surface area contributed by atoms with Crippen molar-refractivity contribution in [1.29, 1.82) is 0 Å².